The second-order valence-electron chi connectivity index (χ2n) is 5.52. The Morgan fingerprint density at radius 1 is 0.750 bits per heavy atom. The Labute approximate surface area is 104 Å². The van der Waals surface area contributed by atoms with Gasteiger partial charge in [0.25, 0.3) is 0 Å². The van der Waals surface area contributed by atoms with E-state index in [4.69, 9.17) is 0 Å². The second kappa shape index (κ2) is 13.1. The molecule has 0 heteroatoms. The Morgan fingerprint density at radius 3 is 1.88 bits per heavy atom. The third-order valence-corrected chi connectivity index (χ3v) is 3.20. The number of rotatable bonds is 12. The van der Waals surface area contributed by atoms with Gasteiger partial charge in [0.15, 0.2) is 0 Å². The molecule has 0 bridgehead atoms. The van der Waals surface area contributed by atoms with Gasteiger partial charge >= 0.3 is 0 Å². The predicted molar refractivity (Wildman–Crippen MR) is 75.6 cm³/mol. The first-order chi connectivity index (χ1) is 7.77. The topological polar surface area (TPSA) is 0 Å². The van der Waals surface area contributed by atoms with Crippen LogP contribution in [0.4, 0.5) is 0 Å². The van der Waals surface area contributed by atoms with Crippen molar-refractivity contribution < 1.29 is 0 Å². The maximum atomic E-state index is 2.52. The minimum atomic E-state index is 0.891. The van der Waals surface area contributed by atoms with Crippen LogP contribution in [0.3, 0.4) is 0 Å². The van der Waals surface area contributed by atoms with Gasteiger partial charge in [0.05, 0.1) is 0 Å². The van der Waals surface area contributed by atoms with Gasteiger partial charge in [-0.2, -0.15) is 0 Å². The first-order valence-corrected chi connectivity index (χ1v) is 7.59. The highest BCUT2D eigenvalue weighted by molar-refractivity contribution is 4.64. The van der Waals surface area contributed by atoms with Crippen molar-refractivity contribution in [1.82, 2.24) is 0 Å². The zero-order valence-corrected chi connectivity index (χ0v) is 11.9. The van der Waals surface area contributed by atoms with Gasteiger partial charge in [-0.15, -0.1) is 0 Å². The van der Waals surface area contributed by atoms with Gasteiger partial charge in [0.1, 0.15) is 0 Å². The molecule has 97 valence electrons. The van der Waals surface area contributed by atoms with E-state index in [0.29, 0.717) is 0 Å². The van der Waals surface area contributed by atoms with Crippen molar-refractivity contribution in [1.29, 1.82) is 0 Å². The molecule has 0 saturated carbocycles. The molecule has 0 unspecified atom stereocenters. The molecule has 0 spiro atoms. The minimum Gasteiger partial charge on any atom is -0.0654 e. The highest BCUT2D eigenvalue weighted by atomic mass is 14.0. The molecule has 0 aliphatic carbocycles. The lowest BCUT2D eigenvalue weighted by Crippen LogP contribution is -1.87. The van der Waals surface area contributed by atoms with Crippen LogP contribution in [0.25, 0.3) is 0 Å². The number of unbranched alkanes of at least 4 members (excludes halogenated alkanes) is 10. The zero-order chi connectivity index (χ0) is 12.1. The SMILES string of the molecule is CCCCCCC[CH]CCCCCC(C)C. The van der Waals surface area contributed by atoms with Gasteiger partial charge in [0.2, 0.25) is 0 Å². The van der Waals surface area contributed by atoms with E-state index in [2.05, 4.69) is 27.2 Å². The molecule has 0 aromatic rings. The summed E-state index contributed by atoms with van der Waals surface area (Å²) in [6.45, 7) is 6.92. The lowest BCUT2D eigenvalue weighted by molar-refractivity contribution is 0.523. The van der Waals surface area contributed by atoms with Crippen molar-refractivity contribution in [2.45, 2.75) is 91.4 Å². The van der Waals surface area contributed by atoms with E-state index in [1.807, 2.05) is 0 Å². The Balaban J connectivity index is 2.88. The van der Waals surface area contributed by atoms with Crippen molar-refractivity contribution in [2.75, 3.05) is 0 Å². The van der Waals surface area contributed by atoms with Crippen LogP contribution in [0.2, 0.25) is 0 Å². The van der Waals surface area contributed by atoms with Gasteiger partial charge < -0.3 is 0 Å². The van der Waals surface area contributed by atoms with Gasteiger partial charge in [-0.05, 0) is 12.3 Å². The summed E-state index contributed by atoms with van der Waals surface area (Å²) in [5, 5.41) is 0. The second-order valence-corrected chi connectivity index (χ2v) is 5.52. The molecule has 0 amide bonds. The average Bonchev–Trinajstić information content (AvgIpc) is 2.25. The third-order valence-electron chi connectivity index (χ3n) is 3.20. The maximum Gasteiger partial charge on any atom is -0.0386 e. The van der Waals surface area contributed by atoms with Crippen molar-refractivity contribution in [3.8, 4) is 0 Å². The van der Waals surface area contributed by atoms with Crippen LogP contribution in [0.1, 0.15) is 91.4 Å². The van der Waals surface area contributed by atoms with E-state index in [9.17, 15) is 0 Å². The Kier molecular flexibility index (Phi) is 13.1. The lowest BCUT2D eigenvalue weighted by Gasteiger charge is -2.04. The Morgan fingerprint density at radius 2 is 1.31 bits per heavy atom. The predicted octanol–water partition coefficient (Wildman–Crippen LogP) is 6.16. The molecular weight excluding hydrogens is 192 g/mol. The number of hydrogen-bond acceptors (Lipinski definition) is 0. The summed E-state index contributed by atoms with van der Waals surface area (Å²) in [5.41, 5.74) is 0. The average molecular weight is 225 g/mol. The molecule has 1 radical (unpaired) electrons. The Hall–Kier alpha value is 0. The first kappa shape index (κ1) is 16.0. The molecule has 0 N–H and O–H groups in total. The number of hydrogen-bond donors (Lipinski definition) is 0. The first-order valence-electron chi connectivity index (χ1n) is 7.59. The van der Waals surface area contributed by atoms with Crippen LogP contribution in [-0.2, 0) is 0 Å². The smallest absolute Gasteiger partial charge is 0.0386 e. The van der Waals surface area contributed by atoms with Crippen LogP contribution in [0, 0.1) is 12.3 Å². The molecule has 16 heavy (non-hydrogen) atoms. The fourth-order valence-electron chi connectivity index (χ4n) is 2.05. The van der Waals surface area contributed by atoms with E-state index in [-0.39, 0.29) is 0 Å². The molecule has 0 heterocycles. The van der Waals surface area contributed by atoms with E-state index < -0.39 is 0 Å². The van der Waals surface area contributed by atoms with E-state index in [1.54, 1.807) is 0 Å². The van der Waals surface area contributed by atoms with E-state index in [1.165, 1.54) is 70.6 Å². The summed E-state index contributed by atoms with van der Waals surface area (Å²) in [4.78, 5) is 0. The van der Waals surface area contributed by atoms with Crippen molar-refractivity contribution in [2.24, 2.45) is 5.92 Å². The molecule has 0 atom stereocenters. The fraction of sp³-hybridized carbons (Fsp3) is 0.938. The molecule has 0 fully saturated rings. The highest BCUT2D eigenvalue weighted by Gasteiger charge is 1.95. The molecule has 0 saturated heterocycles. The summed E-state index contributed by atoms with van der Waals surface area (Å²) in [6, 6.07) is 0. The van der Waals surface area contributed by atoms with Crippen LogP contribution in [-0.4, -0.2) is 0 Å². The molecule has 0 aliphatic heterocycles. The monoisotopic (exact) mass is 225 g/mol. The largest absolute Gasteiger partial charge is 0.0654 e. The molecule has 0 aromatic heterocycles. The quantitative estimate of drug-likeness (QED) is 0.349. The summed E-state index contributed by atoms with van der Waals surface area (Å²) in [5.74, 6) is 0.891. The van der Waals surface area contributed by atoms with Crippen molar-refractivity contribution in [3.05, 3.63) is 6.42 Å². The van der Waals surface area contributed by atoms with E-state index in [0.717, 1.165) is 5.92 Å². The Bertz CT molecular complexity index is 115. The lowest BCUT2D eigenvalue weighted by atomic mass is 10.0. The summed E-state index contributed by atoms with van der Waals surface area (Å²) >= 11 is 0. The maximum absolute atomic E-state index is 2.52. The van der Waals surface area contributed by atoms with Gasteiger partial charge in [-0.25, -0.2) is 0 Å². The summed E-state index contributed by atoms with van der Waals surface area (Å²) < 4.78 is 0. The van der Waals surface area contributed by atoms with Crippen LogP contribution in [0.15, 0.2) is 0 Å². The van der Waals surface area contributed by atoms with Crippen LogP contribution in [0.5, 0.6) is 0 Å². The minimum absolute atomic E-state index is 0.891. The molecular formula is C16H33. The van der Waals surface area contributed by atoms with Crippen LogP contribution >= 0.6 is 0 Å². The van der Waals surface area contributed by atoms with Gasteiger partial charge in [-0.3, -0.25) is 0 Å². The highest BCUT2D eigenvalue weighted by Crippen LogP contribution is 2.12. The summed E-state index contributed by atoms with van der Waals surface area (Å²) in [6.07, 6.45) is 18.0. The molecule has 0 aromatic carbocycles. The van der Waals surface area contributed by atoms with Gasteiger partial charge in [0, 0.05) is 0 Å². The molecule has 0 aliphatic rings. The van der Waals surface area contributed by atoms with Crippen LogP contribution < -0.4 is 0 Å². The fourth-order valence-corrected chi connectivity index (χ4v) is 2.05. The van der Waals surface area contributed by atoms with Gasteiger partial charge in [-0.1, -0.05) is 91.4 Å². The normalized spacial score (nSPS) is 11.2. The van der Waals surface area contributed by atoms with E-state index >= 15 is 0 Å². The summed E-state index contributed by atoms with van der Waals surface area (Å²) in [7, 11) is 0. The molecule has 0 nitrogen and oxygen atoms in total. The van der Waals surface area contributed by atoms with Crippen molar-refractivity contribution >= 4 is 0 Å². The molecule has 0 rings (SSSR count). The third kappa shape index (κ3) is 14.0. The van der Waals surface area contributed by atoms with Crippen molar-refractivity contribution in [3.63, 3.8) is 0 Å². The standard InChI is InChI=1S/C16H33/c1-4-5-6-7-8-9-10-11-12-13-14-15-16(2)3/h10,16H,4-9,11-15H2,1-3H3. The zero-order valence-electron chi connectivity index (χ0n) is 11.9.